The third-order valence-electron chi connectivity index (χ3n) is 4.56. The van der Waals surface area contributed by atoms with E-state index in [0.29, 0.717) is 45.0 Å². The second kappa shape index (κ2) is 8.07. The van der Waals surface area contributed by atoms with Gasteiger partial charge >= 0.3 is 6.09 Å². The van der Waals surface area contributed by atoms with Crippen molar-refractivity contribution >= 4 is 27.7 Å². The Morgan fingerprint density at radius 1 is 1.22 bits per heavy atom. The molecule has 27 heavy (non-hydrogen) atoms. The largest absolute Gasteiger partial charge is 0.450 e. The number of sulfone groups is 1. The standard InChI is InChI=1S/C16H23N5O5S/c1-2-26-16(23)21-6-4-20(5-7-21)15(22)13-9-14(18-11-17-13)19-12-3-8-27(24,25)10-12/h9,11-12H,2-8,10H2,1H3,(H,17,18,19). The Labute approximate surface area is 157 Å². The Bertz CT molecular complexity index is 807. The predicted octanol–water partition coefficient (Wildman–Crippen LogP) is -0.0101. The molecule has 1 N–H and O–H groups in total. The topological polar surface area (TPSA) is 122 Å². The summed E-state index contributed by atoms with van der Waals surface area (Å²) in [6.45, 7) is 3.66. The van der Waals surface area contributed by atoms with E-state index in [0.717, 1.165) is 0 Å². The second-order valence-electron chi connectivity index (χ2n) is 6.51. The van der Waals surface area contributed by atoms with Crippen LogP contribution in [-0.2, 0) is 14.6 Å². The maximum absolute atomic E-state index is 12.7. The molecule has 0 bridgehead atoms. The van der Waals surface area contributed by atoms with Crippen molar-refractivity contribution in [1.29, 1.82) is 0 Å². The number of hydrogen-bond acceptors (Lipinski definition) is 8. The van der Waals surface area contributed by atoms with Crippen LogP contribution >= 0.6 is 0 Å². The quantitative estimate of drug-likeness (QED) is 0.753. The molecule has 0 saturated carbocycles. The number of anilines is 1. The minimum Gasteiger partial charge on any atom is -0.450 e. The molecule has 1 aromatic rings. The molecule has 1 unspecified atom stereocenters. The minimum absolute atomic E-state index is 0.0656. The molecule has 1 atom stereocenters. The number of ether oxygens (including phenoxy) is 1. The third-order valence-corrected chi connectivity index (χ3v) is 6.33. The first-order valence-corrected chi connectivity index (χ1v) is 10.7. The summed E-state index contributed by atoms with van der Waals surface area (Å²) in [7, 11) is -3.00. The highest BCUT2D eigenvalue weighted by atomic mass is 32.2. The molecular formula is C16H23N5O5S. The molecule has 148 valence electrons. The highest BCUT2D eigenvalue weighted by Crippen LogP contribution is 2.17. The fourth-order valence-electron chi connectivity index (χ4n) is 3.14. The van der Waals surface area contributed by atoms with E-state index in [9.17, 15) is 18.0 Å². The molecule has 3 heterocycles. The third kappa shape index (κ3) is 4.85. The summed E-state index contributed by atoms with van der Waals surface area (Å²) in [5.41, 5.74) is 0.234. The smallest absolute Gasteiger partial charge is 0.409 e. The number of nitrogens with one attached hydrogen (secondary N) is 1. The van der Waals surface area contributed by atoms with Crippen LogP contribution in [0.1, 0.15) is 23.8 Å². The summed E-state index contributed by atoms with van der Waals surface area (Å²) < 4.78 is 28.1. The van der Waals surface area contributed by atoms with Gasteiger partial charge in [0.05, 0.1) is 18.1 Å². The number of aromatic nitrogens is 2. The molecule has 2 fully saturated rings. The lowest BCUT2D eigenvalue weighted by atomic mass is 10.2. The molecule has 1 aromatic heterocycles. The Hall–Kier alpha value is -2.43. The van der Waals surface area contributed by atoms with Gasteiger partial charge < -0.3 is 19.9 Å². The molecule has 0 spiro atoms. The van der Waals surface area contributed by atoms with Crippen LogP contribution in [0, 0.1) is 0 Å². The summed E-state index contributed by atoms with van der Waals surface area (Å²) in [5.74, 6) is 0.408. The summed E-state index contributed by atoms with van der Waals surface area (Å²) >= 11 is 0. The van der Waals surface area contributed by atoms with Gasteiger partial charge in [-0.2, -0.15) is 0 Å². The van der Waals surface area contributed by atoms with Gasteiger partial charge in [-0.3, -0.25) is 4.79 Å². The monoisotopic (exact) mass is 397 g/mol. The molecule has 3 rings (SSSR count). The Morgan fingerprint density at radius 2 is 1.93 bits per heavy atom. The summed E-state index contributed by atoms with van der Waals surface area (Å²) in [4.78, 5) is 35.7. The Balaban J connectivity index is 1.59. The Kier molecular flexibility index (Phi) is 5.78. The van der Waals surface area contributed by atoms with Crippen LogP contribution < -0.4 is 5.32 Å². The molecule has 0 aromatic carbocycles. The van der Waals surface area contributed by atoms with Crippen molar-refractivity contribution in [2.24, 2.45) is 0 Å². The minimum atomic E-state index is -3.00. The summed E-state index contributed by atoms with van der Waals surface area (Å²) in [6.07, 6.45) is 1.43. The molecule has 2 aliphatic rings. The zero-order valence-corrected chi connectivity index (χ0v) is 15.9. The molecule has 2 amide bonds. The molecule has 0 radical (unpaired) electrons. The first kappa shape index (κ1) is 19.3. The van der Waals surface area contributed by atoms with Gasteiger partial charge in [0.15, 0.2) is 9.84 Å². The number of hydrogen-bond donors (Lipinski definition) is 1. The van der Waals surface area contributed by atoms with Crippen LogP contribution in [0.15, 0.2) is 12.4 Å². The fourth-order valence-corrected chi connectivity index (χ4v) is 4.81. The van der Waals surface area contributed by atoms with Crippen LogP contribution in [0.2, 0.25) is 0 Å². The van der Waals surface area contributed by atoms with Gasteiger partial charge in [-0.25, -0.2) is 23.2 Å². The molecular weight excluding hydrogens is 374 g/mol. The predicted molar refractivity (Wildman–Crippen MR) is 97.2 cm³/mol. The Morgan fingerprint density at radius 3 is 2.56 bits per heavy atom. The van der Waals surface area contributed by atoms with E-state index >= 15 is 0 Å². The first-order chi connectivity index (χ1) is 12.9. The van der Waals surface area contributed by atoms with Crippen LogP contribution in [0.4, 0.5) is 10.6 Å². The highest BCUT2D eigenvalue weighted by molar-refractivity contribution is 7.91. The molecule has 11 heteroatoms. The number of piperazine rings is 1. The van der Waals surface area contributed by atoms with Crippen LogP contribution in [-0.4, -0.2) is 90.5 Å². The molecule has 2 saturated heterocycles. The van der Waals surface area contributed by atoms with E-state index in [1.807, 2.05) is 0 Å². The molecule has 2 aliphatic heterocycles. The van der Waals surface area contributed by atoms with Crippen LogP contribution in [0.5, 0.6) is 0 Å². The van der Waals surface area contributed by atoms with Crippen molar-refractivity contribution in [2.45, 2.75) is 19.4 Å². The van der Waals surface area contributed by atoms with Crippen molar-refractivity contribution in [1.82, 2.24) is 19.8 Å². The molecule has 10 nitrogen and oxygen atoms in total. The maximum Gasteiger partial charge on any atom is 0.409 e. The van der Waals surface area contributed by atoms with Crippen LogP contribution in [0.3, 0.4) is 0 Å². The van der Waals surface area contributed by atoms with Crippen molar-refractivity contribution < 1.29 is 22.7 Å². The van der Waals surface area contributed by atoms with E-state index < -0.39 is 9.84 Å². The lowest BCUT2D eigenvalue weighted by Crippen LogP contribution is -2.50. The van der Waals surface area contributed by atoms with E-state index in [1.54, 1.807) is 16.7 Å². The van der Waals surface area contributed by atoms with Gasteiger partial charge in [-0.15, -0.1) is 0 Å². The maximum atomic E-state index is 12.7. The van der Waals surface area contributed by atoms with Gasteiger partial charge in [0, 0.05) is 38.3 Å². The van der Waals surface area contributed by atoms with E-state index in [4.69, 9.17) is 4.74 Å². The number of amides is 2. The van der Waals surface area contributed by atoms with Crippen molar-refractivity contribution in [3.63, 3.8) is 0 Å². The van der Waals surface area contributed by atoms with E-state index in [1.165, 1.54) is 12.4 Å². The second-order valence-corrected chi connectivity index (χ2v) is 8.74. The lowest BCUT2D eigenvalue weighted by Gasteiger charge is -2.33. The molecule has 0 aliphatic carbocycles. The van der Waals surface area contributed by atoms with Crippen molar-refractivity contribution in [3.05, 3.63) is 18.1 Å². The number of carbonyl (C=O) groups is 2. The van der Waals surface area contributed by atoms with Crippen molar-refractivity contribution in [3.8, 4) is 0 Å². The average molecular weight is 397 g/mol. The zero-order valence-electron chi connectivity index (χ0n) is 15.1. The van der Waals surface area contributed by atoms with Gasteiger partial charge in [0.1, 0.15) is 17.8 Å². The fraction of sp³-hybridized carbons (Fsp3) is 0.625. The zero-order chi connectivity index (χ0) is 19.4. The number of carbonyl (C=O) groups excluding carboxylic acids is 2. The van der Waals surface area contributed by atoms with Gasteiger partial charge in [0.2, 0.25) is 0 Å². The van der Waals surface area contributed by atoms with Crippen molar-refractivity contribution in [2.75, 3.05) is 49.6 Å². The van der Waals surface area contributed by atoms with E-state index in [2.05, 4.69) is 15.3 Å². The SMILES string of the molecule is CCOC(=O)N1CCN(C(=O)c2cc(NC3CCS(=O)(=O)C3)ncn2)CC1. The number of rotatable bonds is 4. The van der Waals surface area contributed by atoms with Gasteiger partial charge in [0.25, 0.3) is 5.91 Å². The summed E-state index contributed by atoms with van der Waals surface area (Å²) in [5, 5.41) is 3.06. The highest BCUT2D eigenvalue weighted by Gasteiger charge is 2.29. The summed E-state index contributed by atoms with van der Waals surface area (Å²) in [6, 6.07) is 1.33. The average Bonchev–Trinajstić information content (AvgIpc) is 3.00. The van der Waals surface area contributed by atoms with Gasteiger partial charge in [-0.1, -0.05) is 0 Å². The van der Waals surface area contributed by atoms with Gasteiger partial charge in [-0.05, 0) is 13.3 Å². The first-order valence-electron chi connectivity index (χ1n) is 8.88. The van der Waals surface area contributed by atoms with Crippen LogP contribution in [0.25, 0.3) is 0 Å². The number of nitrogens with zero attached hydrogens (tertiary/aromatic N) is 4. The lowest BCUT2D eigenvalue weighted by molar-refractivity contribution is 0.0566. The van der Waals surface area contributed by atoms with E-state index in [-0.39, 0.29) is 35.2 Å². The normalized spacial score (nSPS) is 21.7.